The molecule has 1 aliphatic heterocycles. The molecule has 0 unspecified atom stereocenters. The molecule has 3 aromatic carbocycles. The van der Waals surface area contributed by atoms with Crippen LogP contribution in [0.1, 0.15) is 22.7 Å². The minimum Gasteiger partial charge on any atom is -0.507 e. The lowest BCUT2D eigenvalue weighted by molar-refractivity contribution is -0.140. The Bertz CT molecular complexity index is 1440. The second kappa shape index (κ2) is 9.84. The molecule has 1 N–H and O–H groups in total. The highest BCUT2D eigenvalue weighted by atomic mass is 19.1. The minimum atomic E-state index is -0.894. The fourth-order valence-corrected chi connectivity index (χ4v) is 4.21. The third-order valence-electron chi connectivity index (χ3n) is 5.89. The van der Waals surface area contributed by atoms with Gasteiger partial charge in [0.25, 0.3) is 11.7 Å². The molecule has 1 saturated heterocycles. The summed E-state index contributed by atoms with van der Waals surface area (Å²) >= 11 is 0. The monoisotopic (exact) mass is 480 g/mol. The van der Waals surface area contributed by atoms with Crippen LogP contribution >= 0.6 is 0 Å². The van der Waals surface area contributed by atoms with Crippen LogP contribution in [0.25, 0.3) is 5.76 Å². The molecule has 7 heteroatoms. The van der Waals surface area contributed by atoms with E-state index in [1.807, 2.05) is 30.3 Å². The van der Waals surface area contributed by atoms with E-state index in [9.17, 15) is 19.1 Å². The third-order valence-corrected chi connectivity index (χ3v) is 5.89. The number of likely N-dealkylation sites (tertiary alicyclic amines) is 1. The van der Waals surface area contributed by atoms with Crippen LogP contribution in [0.3, 0.4) is 0 Å². The van der Waals surface area contributed by atoms with Crippen molar-refractivity contribution in [2.75, 3.05) is 0 Å². The quantitative estimate of drug-likeness (QED) is 0.220. The number of hydrogen-bond acceptors (Lipinski definition) is 5. The van der Waals surface area contributed by atoms with Crippen molar-refractivity contribution in [1.29, 1.82) is 0 Å². The highest BCUT2D eigenvalue weighted by Gasteiger charge is 2.46. The average Bonchev–Trinajstić information content (AvgIpc) is 3.15. The van der Waals surface area contributed by atoms with Gasteiger partial charge in [-0.2, -0.15) is 0 Å². The van der Waals surface area contributed by atoms with Crippen LogP contribution in [0, 0.1) is 5.82 Å². The summed E-state index contributed by atoms with van der Waals surface area (Å²) in [5.74, 6) is -1.29. The number of aliphatic hydroxyl groups excluding tert-OH is 1. The minimum absolute atomic E-state index is 0.0765. The standard InChI is InChI=1S/C29H21FN2O4/c30-22-13-11-20(12-14-22)27(33)25-26(32(29(35)28(25)34)18-19-6-5-15-31-17-19)21-7-4-10-24(16-21)36-23-8-2-1-3-9-23/h1-17,26,33H,18H2/t26-/m1/s1. The highest BCUT2D eigenvalue weighted by Crippen LogP contribution is 2.41. The fraction of sp³-hybridized carbons (Fsp3) is 0.0690. The van der Waals surface area contributed by atoms with Crippen molar-refractivity contribution in [3.05, 3.63) is 131 Å². The number of Topliss-reactive ketones (excluding diaryl/α,β-unsaturated/α-hetero) is 1. The van der Waals surface area contributed by atoms with Crippen molar-refractivity contribution in [3.8, 4) is 11.5 Å². The fourth-order valence-electron chi connectivity index (χ4n) is 4.21. The first-order valence-electron chi connectivity index (χ1n) is 11.3. The van der Waals surface area contributed by atoms with Crippen LogP contribution in [0.2, 0.25) is 0 Å². The SMILES string of the molecule is O=C1C(=O)N(Cc2cccnc2)[C@H](c2cccc(Oc3ccccc3)c2)C1=C(O)c1ccc(F)cc1. The maximum absolute atomic E-state index is 13.5. The molecule has 1 amide bonds. The first kappa shape index (κ1) is 23.0. The molecule has 178 valence electrons. The number of aromatic nitrogens is 1. The molecular weight excluding hydrogens is 459 g/mol. The summed E-state index contributed by atoms with van der Waals surface area (Å²) < 4.78 is 19.4. The van der Waals surface area contributed by atoms with Gasteiger partial charge in [0, 0.05) is 24.5 Å². The van der Waals surface area contributed by atoms with Gasteiger partial charge in [-0.15, -0.1) is 0 Å². The van der Waals surface area contributed by atoms with Crippen LogP contribution in [-0.4, -0.2) is 26.7 Å². The van der Waals surface area contributed by atoms with E-state index < -0.39 is 23.5 Å². The van der Waals surface area contributed by atoms with Crippen molar-refractivity contribution >= 4 is 17.4 Å². The van der Waals surface area contributed by atoms with Gasteiger partial charge in [-0.1, -0.05) is 36.4 Å². The summed E-state index contributed by atoms with van der Waals surface area (Å²) in [6.07, 6.45) is 3.24. The molecule has 1 aromatic heterocycles. The van der Waals surface area contributed by atoms with Gasteiger partial charge in [0.2, 0.25) is 0 Å². The molecule has 6 nitrogen and oxygen atoms in total. The lowest BCUT2D eigenvalue weighted by Crippen LogP contribution is -2.29. The molecule has 0 radical (unpaired) electrons. The van der Waals surface area contributed by atoms with Gasteiger partial charge in [-0.05, 0) is 65.7 Å². The van der Waals surface area contributed by atoms with Gasteiger partial charge in [-0.25, -0.2) is 4.39 Å². The largest absolute Gasteiger partial charge is 0.507 e. The summed E-state index contributed by atoms with van der Waals surface area (Å²) in [5, 5.41) is 11.1. The van der Waals surface area contributed by atoms with E-state index in [1.165, 1.54) is 29.2 Å². The molecule has 0 aliphatic carbocycles. The Kier molecular flexibility index (Phi) is 6.28. The Balaban J connectivity index is 1.61. The highest BCUT2D eigenvalue weighted by molar-refractivity contribution is 6.46. The van der Waals surface area contributed by atoms with E-state index in [4.69, 9.17) is 4.74 Å². The molecule has 0 bridgehead atoms. The zero-order valence-electron chi connectivity index (χ0n) is 19.0. The van der Waals surface area contributed by atoms with Gasteiger partial charge in [0.1, 0.15) is 23.1 Å². The Morgan fingerprint density at radius 1 is 0.917 bits per heavy atom. The molecular formula is C29H21FN2O4. The van der Waals surface area contributed by atoms with Crippen LogP contribution in [0.4, 0.5) is 4.39 Å². The number of carbonyl (C=O) groups is 2. The number of rotatable bonds is 6. The number of aliphatic hydroxyl groups is 1. The van der Waals surface area contributed by atoms with Crippen molar-refractivity contribution in [2.45, 2.75) is 12.6 Å². The molecule has 4 aromatic rings. The molecule has 1 atom stereocenters. The number of benzene rings is 3. The van der Waals surface area contributed by atoms with Crippen LogP contribution < -0.4 is 4.74 Å². The molecule has 2 heterocycles. The predicted molar refractivity (Wildman–Crippen MR) is 131 cm³/mol. The van der Waals surface area contributed by atoms with Crippen molar-refractivity contribution in [2.24, 2.45) is 0 Å². The average molecular weight is 480 g/mol. The number of ether oxygens (including phenoxy) is 1. The summed E-state index contributed by atoms with van der Waals surface area (Å²) in [5.41, 5.74) is 1.46. The number of ketones is 1. The van der Waals surface area contributed by atoms with E-state index in [0.717, 1.165) is 5.56 Å². The number of amides is 1. The lowest BCUT2D eigenvalue weighted by atomic mass is 9.95. The van der Waals surface area contributed by atoms with Crippen LogP contribution in [0.15, 0.2) is 109 Å². The van der Waals surface area contributed by atoms with Gasteiger partial charge >= 0.3 is 0 Å². The van der Waals surface area contributed by atoms with E-state index in [2.05, 4.69) is 4.98 Å². The first-order valence-corrected chi connectivity index (χ1v) is 11.3. The van der Waals surface area contributed by atoms with Gasteiger partial charge in [0.05, 0.1) is 11.6 Å². The molecule has 0 saturated carbocycles. The van der Waals surface area contributed by atoms with Crippen LogP contribution in [0.5, 0.6) is 11.5 Å². The number of hydrogen-bond donors (Lipinski definition) is 1. The van der Waals surface area contributed by atoms with E-state index in [0.29, 0.717) is 17.1 Å². The normalized spacial score (nSPS) is 16.8. The summed E-state index contributed by atoms with van der Waals surface area (Å²) in [6, 6.07) is 24.0. The van der Waals surface area contributed by atoms with Gasteiger partial charge < -0.3 is 14.7 Å². The smallest absolute Gasteiger partial charge is 0.295 e. The van der Waals surface area contributed by atoms with E-state index in [1.54, 1.807) is 48.8 Å². The Hall–Kier alpha value is -4.78. The van der Waals surface area contributed by atoms with Crippen LogP contribution in [-0.2, 0) is 16.1 Å². The summed E-state index contributed by atoms with van der Waals surface area (Å²) in [7, 11) is 0. The van der Waals surface area contributed by atoms with Gasteiger partial charge in [-0.3, -0.25) is 14.6 Å². The maximum Gasteiger partial charge on any atom is 0.295 e. The molecule has 1 fully saturated rings. The number of carbonyl (C=O) groups excluding carboxylic acids is 2. The zero-order chi connectivity index (χ0) is 25.1. The number of halogens is 1. The Labute approximate surface area is 206 Å². The number of para-hydroxylation sites is 1. The van der Waals surface area contributed by atoms with Crippen molar-refractivity contribution in [1.82, 2.24) is 9.88 Å². The van der Waals surface area contributed by atoms with Gasteiger partial charge in [0.15, 0.2) is 0 Å². The summed E-state index contributed by atoms with van der Waals surface area (Å²) in [4.78, 5) is 31.9. The molecule has 0 spiro atoms. The maximum atomic E-state index is 13.5. The molecule has 5 rings (SSSR count). The Morgan fingerprint density at radius 3 is 2.39 bits per heavy atom. The van der Waals surface area contributed by atoms with Crippen molar-refractivity contribution < 1.29 is 23.8 Å². The lowest BCUT2D eigenvalue weighted by Gasteiger charge is -2.25. The predicted octanol–water partition coefficient (Wildman–Crippen LogP) is 5.63. The van der Waals surface area contributed by atoms with E-state index in [-0.39, 0.29) is 23.4 Å². The topological polar surface area (TPSA) is 79.7 Å². The Morgan fingerprint density at radius 2 is 1.67 bits per heavy atom. The molecule has 36 heavy (non-hydrogen) atoms. The second-order valence-electron chi connectivity index (χ2n) is 8.28. The summed E-state index contributed by atoms with van der Waals surface area (Å²) in [6.45, 7) is 0.104. The first-order chi connectivity index (χ1) is 17.5. The third kappa shape index (κ3) is 4.59. The van der Waals surface area contributed by atoms with Crippen molar-refractivity contribution in [3.63, 3.8) is 0 Å². The second-order valence-corrected chi connectivity index (χ2v) is 8.28. The number of nitrogens with zero attached hydrogens (tertiary/aromatic N) is 2. The zero-order valence-corrected chi connectivity index (χ0v) is 19.0. The van der Waals surface area contributed by atoms with E-state index >= 15 is 0 Å². The molecule has 1 aliphatic rings. The number of pyridine rings is 1.